The molecule has 0 spiro atoms. The highest BCUT2D eigenvalue weighted by atomic mass is 32.2. The lowest BCUT2D eigenvalue weighted by molar-refractivity contribution is -0.120. The van der Waals surface area contributed by atoms with Gasteiger partial charge in [0.05, 0.1) is 16.4 Å². The lowest BCUT2D eigenvalue weighted by Gasteiger charge is -2.16. The van der Waals surface area contributed by atoms with Crippen molar-refractivity contribution in [2.75, 3.05) is 0 Å². The van der Waals surface area contributed by atoms with Crippen molar-refractivity contribution in [1.82, 2.24) is 26.1 Å². The van der Waals surface area contributed by atoms with Crippen LogP contribution in [0, 0.1) is 13.8 Å². The second-order valence-electron chi connectivity index (χ2n) is 6.17. The topological polar surface area (TPSA) is 98.9 Å². The molecular weight excluding hydrogens is 390 g/mol. The summed E-state index contributed by atoms with van der Waals surface area (Å²) in [6.07, 6.45) is 0. The number of thioether (sulfide) groups is 1. The van der Waals surface area contributed by atoms with Crippen LogP contribution in [0.1, 0.15) is 37.0 Å². The Balaban J connectivity index is 1.93. The van der Waals surface area contributed by atoms with E-state index in [0.717, 1.165) is 15.3 Å². The number of thiocarbonyl (C=S) groups is 1. The van der Waals surface area contributed by atoms with Crippen LogP contribution in [0.5, 0.6) is 0 Å². The summed E-state index contributed by atoms with van der Waals surface area (Å²) in [5, 5.41) is 3.66. The summed E-state index contributed by atoms with van der Waals surface area (Å²) in [5.41, 5.74) is 6.09. The molecule has 10 heteroatoms. The van der Waals surface area contributed by atoms with E-state index < -0.39 is 0 Å². The van der Waals surface area contributed by atoms with Crippen LogP contribution in [0.15, 0.2) is 4.79 Å². The molecule has 0 aliphatic rings. The van der Waals surface area contributed by atoms with E-state index in [1.807, 2.05) is 27.7 Å². The molecule has 0 bridgehead atoms. The van der Waals surface area contributed by atoms with Gasteiger partial charge in [-0.3, -0.25) is 20.4 Å². The smallest absolute Gasteiger partial charge is 0.259 e. The Bertz CT molecular complexity index is 875. The van der Waals surface area contributed by atoms with Crippen LogP contribution < -0.4 is 21.7 Å². The van der Waals surface area contributed by atoms with E-state index in [2.05, 4.69) is 26.1 Å². The van der Waals surface area contributed by atoms with Crippen LogP contribution in [-0.4, -0.2) is 32.3 Å². The maximum absolute atomic E-state index is 12.3. The predicted octanol–water partition coefficient (Wildman–Crippen LogP) is 2.13. The van der Waals surface area contributed by atoms with Crippen molar-refractivity contribution in [2.24, 2.45) is 0 Å². The molecule has 142 valence electrons. The number of hydrazine groups is 1. The predicted molar refractivity (Wildman–Crippen MR) is 113 cm³/mol. The Labute approximate surface area is 165 Å². The third-order valence-electron chi connectivity index (χ3n) is 3.65. The van der Waals surface area contributed by atoms with Crippen molar-refractivity contribution in [3.63, 3.8) is 0 Å². The maximum atomic E-state index is 12.3. The van der Waals surface area contributed by atoms with Crippen LogP contribution >= 0.6 is 35.3 Å². The highest BCUT2D eigenvalue weighted by Gasteiger charge is 2.16. The fraction of sp³-hybridized carbons (Fsp3) is 0.500. The molecule has 2 aromatic rings. The third kappa shape index (κ3) is 5.18. The fourth-order valence-corrected chi connectivity index (χ4v) is 4.26. The summed E-state index contributed by atoms with van der Waals surface area (Å²) in [6.45, 7) is 9.60. The first-order chi connectivity index (χ1) is 12.2. The monoisotopic (exact) mass is 413 g/mol. The number of fused-ring (bicyclic) bond motifs is 1. The summed E-state index contributed by atoms with van der Waals surface area (Å²) in [7, 11) is 0. The standard InChI is InChI=1S/C16H23N5O2S3/c1-7(2)17-16(24)21-20-13(22)10(5)25-6-11-18-14(23)12-8(3)9(4)26-15(12)19-11/h7,10H,6H2,1-5H3,(H,20,22)(H2,17,21,24)(H,18,19,23). The van der Waals surface area contributed by atoms with Crippen LogP contribution in [0.4, 0.5) is 0 Å². The third-order valence-corrected chi connectivity index (χ3v) is 6.12. The Hall–Kier alpha value is -1.65. The SMILES string of the molecule is Cc1sc2nc(CSC(C)C(=O)NNC(=S)NC(C)C)[nH]c(=O)c2c1C. The Morgan fingerprint density at radius 3 is 2.65 bits per heavy atom. The summed E-state index contributed by atoms with van der Waals surface area (Å²) >= 11 is 7.96. The largest absolute Gasteiger partial charge is 0.359 e. The average molecular weight is 414 g/mol. The number of aryl methyl sites for hydroxylation is 2. The first-order valence-electron chi connectivity index (χ1n) is 8.16. The number of hydrogen-bond donors (Lipinski definition) is 4. The van der Waals surface area contributed by atoms with Crippen molar-refractivity contribution in [1.29, 1.82) is 0 Å². The van der Waals surface area contributed by atoms with Gasteiger partial charge in [0, 0.05) is 10.9 Å². The number of nitrogens with zero attached hydrogens (tertiary/aromatic N) is 1. The summed E-state index contributed by atoms with van der Waals surface area (Å²) in [6, 6.07) is 0.182. The summed E-state index contributed by atoms with van der Waals surface area (Å²) < 4.78 is 0. The molecule has 1 atom stereocenters. The van der Waals surface area contributed by atoms with Crippen molar-refractivity contribution in [2.45, 2.75) is 51.7 Å². The van der Waals surface area contributed by atoms with Gasteiger partial charge in [0.25, 0.3) is 11.5 Å². The van der Waals surface area contributed by atoms with E-state index in [1.54, 1.807) is 6.92 Å². The molecule has 0 aliphatic carbocycles. The molecule has 0 saturated heterocycles. The number of carbonyl (C=O) groups is 1. The van der Waals surface area contributed by atoms with Crippen molar-refractivity contribution < 1.29 is 4.79 Å². The van der Waals surface area contributed by atoms with Gasteiger partial charge in [-0.05, 0) is 52.4 Å². The Morgan fingerprint density at radius 1 is 1.31 bits per heavy atom. The summed E-state index contributed by atoms with van der Waals surface area (Å²) in [4.78, 5) is 33.5. The number of rotatable bonds is 5. The molecule has 0 saturated carbocycles. The van der Waals surface area contributed by atoms with Crippen LogP contribution in [-0.2, 0) is 10.5 Å². The zero-order chi connectivity index (χ0) is 19.4. The molecule has 0 aliphatic heterocycles. The minimum atomic E-state index is -0.336. The summed E-state index contributed by atoms with van der Waals surface area (Å²) in [5.74, 6) is 0.803. The highest BCUT2D eigenvalue weighted by Crippen LogP contribution is 2.26. The number of H-pyrrole nitrogens is 1. The minimum Gasteiger partial charge on any atom is -0.359 e. The molecule has 2 aromatic heterocycles. The van der Waals surface area contributed by atoms with E-state index in [4.69, 9.17) is 12.2 Å². The molecule has 2 rings (SSSR count). The number of amides is 1. The van der Waals surface area contributed by atoms with Gasteiger partial charge in [-0.15, -0.1) is 23.1 Å². The van der Waals surface area contributed by atoms with Crippen LogP contribution in [0.25, 0.3) is 10.2 Å². The number of nitrogens with one attached hydrogen (secondary N) is 4. The van der Waals surface area contributed by atoms with E-state index in [1.165, 1.54) is 23.1 Å². The van der Waals surface area contributed by atoms with Gasteiger partial charge in [-0.1, -0.05) is 0 Å². The quantitative estimate of drug-likeness (QED) is 0.440. The highest BCUT2D eigenvalue weighted by molar-refractivity contribution is 7.99. The molecule has 1 unspecified atom stereocenters. The zero-order valence-corrected chi connectivity index (χ0v) is 17.8. The van der Waals surface area contributed by atoms with Gasteiger partial charge in [0.1, 0.15) is 10.7 Å². The lowest BCUT2D eigenvalue weighted by Crippen LogP contribution is -2.50. The molecule has 0 radical (unpaired) electrons. The fourth-order valence-electron chi connectivity index (χ4n) is 2.17. The first kappa shape index (κ1) is 20.7. The Kier molecular flexibility index (Phi) is 7.01. The van der Waals surface area contributed by atoms with Gasteiger partial charge in [0.2, 0.25) is 0 Å². The van der Waals surface area contributed by atoms with Crippen LogP contribution in [0.2, 0.25) is 0 Å². The van der Waals surface area contributed by atoms with E-state index in [9.17, 15) is 9.59 Å². The lowest BCUT2D eigenvalue weighted by atomic mass is 10.2. The molecule has 2 heterocycles. The van der Waals surface area contributed by atoms with Crippen LogP contribution in [0.3, 0.4) is 0 Å². The second kappa shape index (κ2) is 8.83. The maximum Gasteiger partial charge on any atom is 0.259 e. The van der Waals surface area contributed by atoms with E-state index in [0.29, 0.717) is 22.1 Å². The Morgan fingerprint density at radius 2 is 2.00 bits per heavy atom. The number of hydrogen-bond acceptors (Lipinski definition) is 6. The van der Waals surface area contributed by atoms with Gasteiger partial charge in [-0.2, -0.15) is 0 Å². The normalized spacial score (nSPS) is 12.2. The van der Waals surface area contributed by atoms with Crippen molar-refractivity contribution in [3.05, 3.63) is 26.6 Å². The molecule has 7 nitrogen and oxygen atoms in total. The number of thiophene rings is 1. The molecular formula is C16H23N5O2S3. The molecule has 4 N–H and O–H groups in total. The number of aromatic nitrogens is 2. The van der Waals surface area contributed by atoms with Gasteiger partial charge < -0.3 is 10.3 Å². The first-order valence-corrected chi connectivity index (χ1v) is 10.4. The second-order valence-corrected chi connectivity index (χ2v) is 9.11. The van der Waals surface area contributed by atoms with Crippen molar-refractivity contribution >= 4 is 56.6 Å². The minimum absolute atomic E-state index is 0.128. The molecule has 26 heavy (non-hydrogen) atoms. The van der Waals surface area contributed by atoms with E-state index >= 15 is 0 Å². The zero-order valence-electron chi connectivity index (χ0n) is 15.4. The molecule has 0 aromatic carbocycles. The average Bonchev–Trinajstić information content (AvgIpc) is 2.84. The molecule has 1 amide bonds. The number of aromatic amines is 1. The van der Waals surface area contributed by atoms with Gasteiger partial charge in [0.15, 0.2) is 5.11 Å². The van der Waals surface area contributed by atoms with Gasteiger partial charge >= 0.3 is 0 Å². The molecule has 0 fully saturated rings. The van der Waals surface area contributed by atoms with Gasteiger partial charge in [-0.25, -0.2) is 4.98 Å². The number of carbonyl (C=O) groups excluding carboxylic acids is 1. The van der Waals surface area contributed by atoms with E-state index in [-0.39, 0.29) is 22.8 Å². The van der Waals surface area contributed by atoms with Crippen molar-refractivity contribution in [3.8, 4) is 0 Å².